The normalized spacial score (nSPS) is 16.8. The zero-order valence-corrected chi connectivity index (χ0v) is 15.9. The number of nitrogens with zero attached hydrogens (tertiary/aromatic N) is 1. The predicted octanol–water partition coefficient (Wildman–Crippen LogP) is 3.84. The minimum atomic E-state index is -1.55. The lowest BCUT2D eigenvalue weighted by Gasteiger charge is -2.40. The third kappa shape index (κ3) is 4.93. The Hall–Kier alpha value is -2.25. The van der Waals surface area contributed by atoms with Gasteiger partial charge in [0.05, 0.1) is 12.5 Å². The summed E-state index contributed by atoms with van der Waals surface area (Å²) in [4.78, 5) is 26.1. The molecule has 1 fully saturated rings. The molecule has 8 heteroatoms. The highest BCUT2D eigenvalue weighted by Gasteiger charge is 2.44. The van der Waals surface area contributed by atoms with Crippen LogP contribution in [0, 0.1) is 22.9 Å². The Kier molecular flexibility index (Phi) is 6.07. The summed E-state index contributed by atoms with van der Waals surface area (Å²) in [6.07, 6.45) is -0.0329. The van der Waals surface area contributed by atoms with E-state index in [1.54, 1.807) is 20.8 Å². The second kappa shape index (κ2) is 7.78. The number of hydrogen-bond donors (Lipinski definition) is 0. The van der Waals surface area contributed by atoms with Gasteiger partial charge in [0.15, 0.2) is 17.5 Å². The molecule has 1 aliphatic heterocycles. The highest BCUT2D eigenvalue weighted by molar-refractivity contribution is 5.78. The van der Waals surface area contributed by atoms with Gasteiger partial charge in [-0.15, -0.1) is 0 Å². The first kappa shape index (κ1) is 21.1. The average molecular weight is 387 g/mol. The lowest BCUT2D eigenvalue weighted by Crippen LogP contribution is -2.49. The average Bonchev–Trinajstić information content (AvgIpc) is 2.57. The van der Waals surface area contributed by atoms with Crippen molar-refractivity contribution in [1.29, 1.82) is 0 Å². The number of likely N-dealkylation sites (tertiary alicyclic amines) is 1. The number of halogens is 3. The number of methoxy groups -OCH3 is 1. The van der Waals surface area contributed by atoms with Crippen molar-refractivity contribution in [2.24, 2.45) is 5.41 Å². The number of carbonyl (C=O) groups excluding carboxylic acids is 2. The molecule has 0 N–H and O–H groups in total. The smallest absolute Gasteiger partial charge is 0.410 e. The van der Waals surface area contributed by atoms with Crippen LogP contribution < -0.4 is 0 Å². The highest BCUT2D eigenvalue weighted by atomic mass is 19.2. The number of rotatable bonds is 3. The fraction of sp³-hybridized carbons (Fsp3) is 0.579. The molecule has 0 saturated carbocycles. The summed E-state index contributed by atoms with van der Waals surface area (Å²) in [7, 11) is 1.23. The van der Waals surface area contributed by atoms with E-state index in [9.17, 15) is 22.8 Å². The molecule has 0 atom stereocenters. The molecule has 0 unspecified atom stereocenters. The van der Waals surface area contributed by atoms with E-state index in [4.69, 9.17) is 9.47 Å². The fourth-order valence-electron chi connectivity index (χ4n) is 3.21. The fourth-order valence-corrected chi connectivity index (χ4v) is 3.21. The first-order valence-electron chi connectivity index (χ1n) is 8.67. The number of amides is 1. The number of hydrogen-bond acceptors (Lipinski definition) is 4. The monoisotopic (exact) mass is 387 g/mol. The molecular weight excluding hydrogens is 363 g/mol. The molecular formula is C19H24F3NO4. The van der Waals surface area contributed by atoms with Crippen LogP contribution in [0.1, 0.15) is 39.2 Å². The van der Waals surface area contributed by atoms with Crippen LogP contribution in [0.4, 0.5) is 18.0 Å². The number of carbonyl (C=O) groups is 2. The van der Waals surface area contributed by atoms with E-state index in [1.807, 2.05) is 0 Å². The Labute approximate surface area is 156 Å². The first-order chi connectivity index (χ1) is 12.5. The van der Waals surface area contributed by atoms with E-state index < -0.39 is 40.5 Å². The summed E-state index contributed by atoms with van der Waals surface area (Å²) in [6.45, 7) is 5.73. The minimum Gasteiger partial charge on any atom is -0.469 e. The topological polar surface area (TPSA) is 55.8 Å². The Bertz CT molecular complexity index is 699. The van der Waals surface area contributed by atoms with E-state index >= 15 is 0 Å². The predicted molar refractivity (Wildman–Crippen MR) is 91.5 cm³/mol. The maximum Gasteiger partial charge on any atom is 0.410 e. The lowest BCUT2D eigenvalue weighted by atomic mass is 9.73. The van der Waals surface area contributed by atoms with Gasteiger partial charge in [-0.1, -0.05) is 0 Å². The molecule has 1 aromatic rings. The molecule has 150 valence electrons. The molecule has 0 radical (unpaired) electrons. The Balaban J connectivity index is 2.18. The Morgan fingerprint density at radius 2 is 1.63 bits per heavy atom. The number of piperidine rings is 1. The third-order valence-corrected chi connectivity index (χ3v) is 4.58. The summed E-state index contributed by atoms with van der Waals surface area (Å²) in [5, 5.41) is 0. The summed E-state index contributed by atoms with van der Waals surface area (Å²) < 4.78 is 50.5. The summed E-state index contributed by atoms with van der Waals surface area (Å²) in [5.41, 5.74) is -1.54. The first-order valence-corrected chi connectivity index (χ1v) is 8.67. The summed E-state index contributed by atoms with van der Waals surface area (Å²) >= 11 is 0. The quantitative estimate of drug-likeness (QED) is 0.584. The maximum atomic E-state index is 13.5. The Morgan fingerprint density at radius 3 is 2.07 bits per heavy atom. The van der Waals surface area contributed by atoms with Crippen molar-refractivity contribution >= 4 is 12.1 Å². The van der Waals surface area contributed by atoms with Gasteiger partial charge in [0.1, 0.15) is 5.60 Å². The van der Waals surface area contributed by atoms with Crippen molar-refractivity contribution in [3.63, 3.8) is 0 Å². The lowest BCUT2D eigenvalue weighted by molar-refractivity contribution is -0.155. The molecule has 1 aromatic carbocycles. The molecule has 1 aliphatic rings. The maximum absolute atomic E-state index is 13.5. The molecule has 27 heavy (non-hydrogen) atoms. The molecule has 0 bridgehead atoms. The van der Waals surface area contributed by atoms with Crippen LogP contribution in [0.25, 0.3) is 0 Å². The van der Waals surface area contributed by atoms with Gasteiger partial charge in [0.25, 0.3) is 0 Å². The van der Waals surface area contributed by atoms with Crippen LogP contribution in [0.5, 0.6) is 0 Å². The summed E-state index contributed by atoms with van der Waals surface area (Å²) in [5.74, 6) is -4.70. The second-order valence-electron chi connectivity index (χ2n) is 7.79. The van der Waals surface area contributed by atoms with Gasteiger partial charge in [0.2, 0.25) is 0 Å². The summed E-state index contributed by atoms with van der Waals surface area (Å²) in [6, 6.07) is 1.76. The highest BCUT2D eigenvalue weighted by Crippen LogP contribution is 2.37. The molecule has 1 amide bonds. The van der Waals surface area contributed by atoms with Gasteiger partial charge in [-0.05, 0) is 57.7 Å². The Morgan fingerprint density at radius 1 is 1.11 bits per heavy atom. The van der Waals surface area contributed by atoms with Crippen molar-refractivity contribution in [3.05, 3.63) is 35.1 Å². The molecule has 5 nitrogen and oxygen atoms in total. The second-order valence-corrected chi connectivity index (χ2v) is 7.79. The van der Waals surface area contributed by atoms with E-state index in [0.717, 1.165) is 12.1 Å². The van der Waals surface area contributed by atoms with Crippen LogP contribution in [-0.2, 0) is 20.7 Å². The van der Waals surface area contributed by atoms with Gasteiger partial charge < -0.3 is 14.4 Å². The van der Waals surface area contributed by atoms with E-state index in [-0.39, 0.29) is 37.9 Å². The van der Waals surface area contributed by atoms with Crippen LogP contribution in [0.3, 0.4) is 0 Å². The van der Waals surface area contributed by atoms with E-state index in [0.29, 0.717) is 0 Å². The van der Waals surface area contributed by atoms with Crippen molar-refractivity contribution in [2.75, 3.05) is 20.2 Å². The number of benzene rings is 1. The van der Waals surface area contributed by atoms with E-state index in [2.05, 4.69) is 0 Å². The van der Waals surface area contributed by atoms with Gasteiger partial charge in [0, 0.05) is 13.1 Å². The standard InChI is InChI=1S/C19H24F3NO4/c1-18(2,3)27-17(25)23-7-5-19(6-8-23,16(24)26-4)11-12-9-13(20)15(22)14(21)10-12/h9-10H,5-8,11H2,1-4H3. The zero-order chi connectivity index (χ0) is 20.4. The van der Waals surface area contributed by atoms with E-state index in [1.165, 1.54) is 12.0 Å². The molecule has 0 spiro atoms. The number of ether oxygens (including phenoxy) is 2. The van der Waals surface area contributed by atoms with Crippen molar-refractivity contribution < 1.29 is 32.2 Å². The molecule has 1 heterocycles. The molecule has 0 aliphatic carbocycles. The van der Waals surface area contributed by atoms with Crippen LogP contribution in [0.15, 0.2) is 12.1 Å². The SMILES string of the molecule is COC(=O)C1(Cc2cc(F)c(F)c(F)c2)CCN(C(=O)OC(C)(C)C)CC1. The van der Waals surface area contributed by atoms with Gasteiger partial charge in [-0.25, -0.2) is 18.0 Å². The van der Waals surface area contributed by atoms with Crippen molar-refractivity contribution in [2.45, 2.75) is 45.6 Å². The van der Waals surface area contributed by atoms with Gasteiger partial charge >= 0.3 is 12.1 Å². The van der Waals surface area contributed by atoms with Gasteiger partial charge in [-0.2, -0.15) is 0 Å². The molecule has 2 rings (SSSR count). The number of esters is 1. The van der Waals surface area contributed by atoms with Crippen LogP contribution >= 0.6 is 0 Å². The van der Waals surface area contributed by atoms with Crippen LogP contribution in [-0.4, -0.2) is 42.8 Å². The van der Waals surface area contributed by atoms with Gasteiger partial charge in [-0.3, -0.25) is 4.79 Å². The zero-order valence-electron chi connectivity index (χ0n) is 15.9. The third-order valence-electron chi connectivity index (χ3n) is 4.58. The largest absolute Gasteiger partial charge is 0.469 e. The molecule has 1 saturated heterocycles. The molecule has 0 aromatic heterocycles. The van der Waals surface area contributed by atoms with Crippen molar-refractivity contribution in [3.8, 4) is 0 Å². The minimum absolute atomic E-state index is 0.0179. The van der Waals surface area contributed by atoms with Crippen LogP contribution in [0.2, 0.25) is 0 Å². The van der Waals surface area contributed by atoms with Crippen molar-refractivity contribution in [1.82, 2.24) is 4.90 Å².